The van der Waals surface area contributed by atoms with Gasteiger partial charge in [-0.3, -0.25) is 0 Å². The third-order valence-corrected chi connectivity index (χ3v) is 27.2. The number of aryl methyl sites for hydroxylation is 14. The molecule has 0 atom stereocenters. The van der Waals surface area contributed by atoms with E-state index in [4.69, 9.17) is 37.6 Å². The van der Waals surface area contributed by atoms with Gasteiger partial charge in [-0.2, -0.15) is 0 Å². The molecule has 0 aliphatic heterocycles. The minimum atomic E-state index is 0.382. The summed E-state index contributed by atoms with van der Waals surface area (Å²) in [6, 6.07) is 44.3. The molecule has 12 heterocycles. The molecule has 4 saturated carbocycles. The van der Waals surface area contributed by atoms with E-state index in [1.165, 1.54) is 215 Å². The lowest BCUT2D eigenvalue weighted by Crippen LogP contribution is -2.32. The summed E-state index contributed by atoms with van der Waals surface area (Å²) in [5.41, 5.74) is 37.2. The fraction of sp³-hybridized carbons (Fsp3) is 0.396. The van der Waals surface area contributed by atoms with Crippen molar-refractivity contribution in [2.45, 2.75) is 248 Å². The normalized spacial score (nSPS) is 15.1. The summed E-state index contributed by atoms with van der Waals surface area (Å²) in [4.78, 5) is 19.1. The van der Waals surface area contributed by atoms with Gasteiger partial charge in [0.25, 0.3) is 0 Å². The number of fused-ring (bicyclic) bond motifs is 12. The molecule has 20 rings (SSSR count). The first kappa shape index (κ1) is 79.7. The number of rotatable bonds is 12. The zero-order chi connectivity index (χ0) is 82.2. The van der Waals surface area contributed by atoms with Crippen molar-refractivity contribution in [2.75, 3.05) is 0 Å². The minimum absolute atomic E-state index is 0.382. The first-order chi connectivity index (χ1) is 57.0. The Balaban J connectivity index is 0.000000113. The average molecular weight is 1570 g/mol. The predicted molar refractivity (Wildman–Crippen MR) is 482 cm³/mol. The quantitative estimate of drug-likeness (QED) is 0.111. The van der Waals surface area contributed by atoms with E-state index >= 15 is 0 Å². The summed E-state index contributed by atoms with van der Waals surface area (Å²) in [7, 11) is 8.64. The smallest absolute Gasteiger partial charge is 0.227 e. The van der Waals surface area contributed by atoms with E-state index in [-0.39, 0.29) is 0 Å². The molecule has 0 radical (unpaired) electrons. The van der Waals surface area contributed by atoms with Gasteiger partial charge in [0, 0.05) is 112 Å². The lowest BCUT2D eigenvalue weighted by molar-refractivity contribution is -0.661. The van der Waals surface area contributed by atoms with E-state index in [0.717, 1.165) is 130 Å². The molecule has 118 heavy (non-hydrogen) atoms. The highest BCUT2D eigenvalue weighted by Gasteiger charge is 2.33. The Morgan fingerprint density at radius 2 is 0.542 bits per heavy atom. The van der Waals surface area contributed by atoms with Crippen molar-refractivity contribution in [2.24, 2.45) is 28.2 Å². The number of aromatic nitrogens is 8. The van der Waals surface area contributed by atoms with Crippen LogP contribution in [-0.2, 0) is 41.0 Å². The Labute approximate surface area is 696 Å². The van der Waals surface area contributed by atoms with Crippen molar-refractivity contribution in [1.82, 2.24) is 19.9 Å². The second-order valence-electron chi connectivity index (χ2n) is 36.0. The van der Waals surface area contributed by atoms with Gasteiger partial charge in [0.2, 0.25) is 45.6 Å². The summed E-state index contributed by atoms with van der Waals surface area (Å²) in [6.45, 7) is 30.7. The molecule has 0 saturated heterocycles. The second kappa shape index (κ2) is 32.9. The zero-order valence-electron chi connectivity index (χ0n) is 73.3. The third kappa shape index (κ3) is 14.9. The lowest BCUT2D eigenvalue weighted by Gasteiger charge is -2.14. The maximum atomic E-state index is 6.44. The Morgan fingerprint density at radius 1 is 0.288 bits per heavy atom. The van der Waals surface area contributed by atoms with Crippen LogP contribution >= 0.6 is 0 Å². The number of benzene rings is 4. The molecule has 12 aromatic heterocycles. The van der Waals surface area contributed by atoms with E-state index in [1.54, 1.807) is 0 Å². The van der Waals surface area contributed by atoms with Crippen LogP contribution in [0.2, 0.25) is 0 Å². The molecule has 12 heteroatoms. The number of hydrogen-bond donors (Lipinski definition) is 0. The Kier molecular flexibility index (Phi) is 22.2. The highest BCUT2D eigenvalue weighted by molar-refractivity contribution is 6.12. The fourth-order valence-corrected chi connectivity index (χ4v) is 20.5. The molecule has 4 fully saturated rings. The molecule has 16 aromatic rings. The minimum Gasteiger partial charge on any atom is -0.437 e. The highest BCUT2D eigenvalue weighted by Crippen LogP contribution is 2.46. The summed E-state index contributed by atoms with van der Waals surface area (Å²) < 4.78 is 34.7. The molecular formula is C106H120N8O4+4. The van der Waals surface area contributed by atoms with E-state index in [2.05, 4.69) is 290 Å². The SMILES string of the molecule is CCc1ccc2c(n1)oc1c(-c3cc(C)c(C4CCCC4)c[n+]3C)c(C)ccc12.CCc1ccc2c(n1)oc1c(-c3cc(C4CCCC4)c(C)c[n+]3C)c(C)ccc12.Cc1c[n+](C)c(-c2c(C)ccc3c2oc2nc(C(C)C)ccc23)cc1C1CCCC1.Cc1cc(-c2c(C)ccc3c2oc2nc(C(C)C)ccc23)[n+](C)cc1C1CCCC1. The standard InChI is InChI=1S/2C27H31N2O.2C26H29N2O/c1-16(2)23-13-12-21-20-11-10-17(3)25(26(20)30-27(21)28-23)24-14-22(18(4)15-29(24)5)19-8-6-7-9-19;1-16(2)23-13-12-21-20-11-10-17(3)25(26(20)30-27(21)28-23)24-14-18(4)22(15-29(24)5)19-8-6-7-9-19;1-5-19-11-13-21-20-12-10-16(2)24(25(20)29-26(21)27-19)23-14-22(17(3)15-28(23)4)18-8-6-7-9-18;1-5-19-11-13-21-20-12-10-16(2)24(25(20)29-26(21)27-19)23-14-17(3)22(15-28(23)4)18-8-6-7-9-18/h2*10-16,19H,6-9H2,1-5H3;2*10-15,18H,5-9H2,1-4H3/q4*+1. The maximum Gasteiger partial charge on any atom is 0.227 e. The van der Waals surface area contributed by atoms with Gasteiger partial charge in [0.05, 0.1) is 22.3 Å². The van der Waals surface area contributed by atoms with Crippen LogP contribution in [0.15, 0.2) is 164 Å². The van der Waals surface area contributed by atoms with Crippen molar-refractivity contribution < 1.29 is 35.9 Å². The van der Waals surface area contributed by atoms with E-state index < -0.39 is 0 Å². The van der Waals surface area contributed by atoms with Crippen molar-refractivity contribution in [1.29, 1.82) is 0 Å². The molecular weight excluding hydrogens is 1450 g/mol. The second-order valence-corrected chi connectivity index (χ2v) is 36.0. The van der Waals surface area contributed by atoms with Gasteiger partial charge in [-0.1, -0.05) is 141 Å². The number of nitrogens with zero attached hydrogens (tertiary/aromatic N) is 8. The molecule has 12 nitrogen and oxygen atoms in total. The van der Waals surface area contributed by atoms with Crippen LogP contribution in [-0.4, -0.2) is 19.9 Å². The highest BCUT2D eigenvalue weighted by atomic mass is 16.4. The first-order valence-electron chi connectivity index (χ1n) is 44.3. The van der Waals surface area contributed by atoms with Crippen LogP contribution in [0.1, 0.15) is 269 Å². The predicted octanol–water partition coefficient (Wildman–Crippen LogP) is 26.4. The lowest BCUT2D eigenvalue weighted by atomic mass is 9.91. The van der Waals surface area contributed by atoms with Gasteiger partial charge in [0.15, 0.2) is 47.1 Å². The third-order valence-electron chi connectivity index (χ3n) is 27.2. The van der Waals surface area contributed by atoms with Crippen LogP contribution in [0.5, 0.6) is 0 Å². The molecule has 0 spiro atoms. The summed E-state index contributed by atoms with van der Waals surface area (Å²) in [6.07, 6.45) is 32.5. The summed E-state index contributed by atoms with van der Waals surface area (Å²) in [5.74, 6) is 3.58. The average Bonchev–Trinajstić information content (AvgIpc) is 1.59. The first-order valence-corrected chi connectivity index (χ1v) is 44.3. The van der Waals surface area contributed by atoms with E-state index in [0.29, 0.717) is 29.6 Å². The van der Waals surface area contributed by atoms with Gasteiger partial charge in [-0.15, -0.1) is 0 Å². The Hall–Kier alpha value is -10.7. The summed E-state index contributed by atoms with van der Waals surface area (Å²) >= 11 is 0. The van der Waals surface area contributed by atoms with Crippen molar-refractivity contribution >= 4 is 88.3 Å². The number of hydrogen-bond acceptors (Lipinski definition) is 8. The summed E-state index contributed by atoms with van der Waals surface area (Å²) in [5, 5.41) is 8.98. The van der Waals surface area contributed by atoms with Gasteiger partial charge >= 0.3 is 0 Å². The monoisotopic (exact) mass is 1570 g/mol. The van der Waals surface area contributed by atoms with Crippen LogP contribution in [0, 0.1) is 55.4 Å². The van der Waals surface area contributed by atoms with Gasteiger partial charge in [-0.05, 0) is 248 Å². The molecule has 4 aliphatic rings. The van der Waals surface area contributed by atoms with Gasteiger partial charge in [0.1, 0.15) is 28.2 Å². The fourth-order valence-electron chi connectivity index (χ4n) is 20.5. The topological polar surface area (TPSA) is 120 Å². The van der Waals surface area contributed by atoms with Crippen molar-refractivity contribution in [3.8, 4) is 45.0 Å². The Bertz CT molecular complexity index is 6550. The molecule has 604 valence electrons. The Morgan fingerprint density at radius 3 is 0.831 bits per heavy atom. The molecule has 4 aliphatic carbocycles. The maximum absolute atomic E-state index is 6.44. The molecule has 0 bridgehead atoms. The number of furan rings is 4. The van der Waals surface area contributed by atoms with Crippen LogP contribution < -0.4 is 18.3 Å². The van der Waals surface area contributed by atoms with Gasteiger partial charge in [-0.25, -0.2) is 38.2 Å². The number of pyridine rings is 8. The van der Waals surface area contributed by atoms with Crippen LogP contribution in [0.3, 0.4) is 0 Å². The van der Waals surface area contributed by atoms with Crippen LogP contribution in [0.4, 0.5) is 0 Å². The zero-order valence-corrected chi connectivity index (χ0v) is 73.3. The molecule has 4 aromatic carbocycles. The van der Waals surface area contributed by atoms with Crippen molar-refractivity contribution in [3.63, 3.8) is 0 Å². The molecule has 0 N–H and O–H groups in total. The van der Waals surface area contributed by atoms with Gasteiger partial charge < -0.3 is 17.7 Å². The van der Waals surface area contributed by atoms with Crippen LogP contribution in [0.25, 0.3) is 133 Å². The molecule has 0 unspecified atom stereocenters. The largest absolute Gasteiger partial charge is 0.437 e. The van der Waals surface area contributed by atoms with E-state index in [1.807, 2.05) is 0 Å². The molecule has 0 amide bonds. The van der Waals surface area contributed by atoms with Crippen molar-refractivity contribution in [3.05, 3.63) is 236 Å². The van der Waals surface area contributed by atoms with E-state index in [9.17, 15) is 0 Å².